The number of hydrogen-bond acceptors (Lipinski definition) is 3. The summed E-state index contributed by atoms with van der Waals surface area (Å²) in [5.74, 6) is 1.96. The van der Waals surface area contributed by atoms with Crippen LogP contribution in [-0.2, 0) is 0 Å². The van der Waals surface area contributed by atoms with E-state index in [1.807, 2.05) is 11.8 Å². The molecular formula is C17H25N3S. The number of hydrogen-bond donors (Lipinski definition) is 2. The van der Waals surface area contributed by atoms with E-state index in [-0.39, 0.29) is 0 Å². The smallest absolute Gasteiger partial charge is 0.166 e. The van der Waals surface area contributed by atoms with Crippen molar-refractivity contribution in [2.45, 2.75) is 50.7 Å². The number of nitrogens with one attached hydrogen (secondary N) is 2. The minimum atomic E-state index is 0.729. The average Bonchev–Trinajstić information content (AvgIpc) is 2.85. The topological polar surface area (TPSA) is 40.7 Å². The molecule has 2 aromatic rings. The fourth-order valence-electron chi connectivity index (χ4n) is 3.20. The Bertz CT molecular complexity index is 593. The Morgan fingerprint density at radius 1 is 1.38 bits per heavy atom. The lowest BCUT2D eigenvalue weighted by atomic mass is 9.87. The summed E-state index contributed by atoms with van der Waals surface area (Å²) in [5.41, 5.74) is 3.49. The quantitative estimate of drug-likeness (QED) is 0.644. The Kier molecular flexibility index (Phi) is 4.86. The van der Waals surface area contributed by atoms with Gasteiger partial charge >= 0.3 is 0 Å². The molecule has 1 aliphatic carbocycles. The van der Waals surface area contributed by atoms with Crippen LogP contribution in [0.3, 0.4) is 0 Å². The van der Waals surface area contributed by atoms with E-state index in [0.29, 0.717) is 0 Å². The van der Waals surface area contributed by atoms with Gasteiger partial charge in [0.25, 0.3) is 0 Å². The van der Waals surface area contributed by atoms with Crippen LogP contribution >= 0.6 is 11.8 Å². The van der Waals surface area contributed by atoms with Crippen molar-refractivity contribution < 1.29 is 0 Å². The molecule has 1 saturated carbocycles. The third kappa shape index (κ3) is 4.01. The highest BCUT2D eigenvalue weighted by Crippen LogP contribution is 2.24. The van der Waals surface area contributed by atoms with Gasteiger partial charge in [-0.2, -0.15) is 0 Å². The number of rotatable bonds is 5. The molecule has 0 saturated heterocycles. The predicted octanol–water partition coefficient (Wildman–Crippen LogP) is 4.13. The number of fused-ring (bicyclic) bond motifs is 1. The lowest BCUT2D eigenvalue weighted by Gasteiger charge is -2.27. The van der Waals surface area contributed by atoms with Crippen LogP contribution in [0.2, 0.25) is 0 Å². The van der Waals surface area contributed by atoms with E-state index < -0.39 is 0 Å². The highest BCUT2D eigenvalue weighted by Gasteiger charge is 2.17. The maximum absolute atomic E-state index is 4.63. The number of benzene rings is 1. The van der Waals surface area contributed by atoms with Gasteiger partial charge in [0.15, 0.2) is 5.16 Å². The monoisotopic (exact) mass is 303 g/mol. The number of aryl methyl sites for hydroxylation is 1. The van der Waals surface area contributed by atoms with Crippen molar-refractivity contribution >= 4 is 22.8 Å². The summed E-state index contributed by atoms with van der Waals surface area (Å²) in [4.78, 5) is 8.04. The lowest BCUT2D eigenvalue weighted by molar-refractivity contribution is 0.306. The molecule has 0 spiro atoms. The Labute approximate surface area is 131 Å². The summed E-state index contributed by atoms with van der Waals surface area (Å²) in [6.07, 6.45) is 5.48. The van der Waals surface area contributed by atoms with Gasteiger partial charge in [0.05, 0.1) is 11.0 Å². The number of aromatic amines is 1. The summed E-state index contributed by atoms with van der Waals surface area (Å²) in [6, 6.07) is 7.09. The van der Waals surface area contributed by atoms with Crippen molar-refractivity contribution in [2.24, 2.45) is 5.92 Å². The number of aromatic nitrogens is 2. The van der Waals surface area contributed by atoms with E-state index in [0.717, 1.165) is 40.4 Å². The van der Waals surface area contributed by atoms with Gasteiger partial charge in [-0.25, -0.2) is 4.98 Å². The first kappa shape index (κ1) is 14.9. The van der Waals surface area contributed by atoms with Crippen LogP contribution in [0.5, 0.6) is 0 Å². The predicted molar refractivity (Wildman–Crippen MR) is 91.0 cm³/mol. The van der Waals surface area contributed by atoms with Crippen LogP contribution in [0.1, 0.15) is 38.2 Å². The Morgan fingerprint density at radius 2 is 2.29 bits per heavy atom. The normalized spacial score (nSPS) is 22.8. The van der Waals surface area contributed by atoms with Gasteiger partial charge in [-0.1, -0.05) is 37.6 Å². The standard InChI is InChI=1S/C17H25N3S/c1-12-4-3-5-14(10-12)18-8-9-21-17-19-15-7-6-13(2)11-16(15)20-17/h6-7,11-12,14,18H,3-5,8-10H2,1-2H3,(H,19,20). The molecule has 0 amide bonds. The van der Waals surface area contributed by atoms with Gasteiger partial charge < -0.3 is 10.3 Å². The van der Waals surface area contributed by atoms with Gasteiger partial charge in [-0.15, -0.1) is 0 Å². The van der Waals surface area contributed by atoms with E-state index in [2.05, 4.69) is 47.3 Å². The highest BCUT2D eigenvalue weighted by atomic mass is 32.2. The molecule has 2 N–H and O–H groups in total. The molecule has 1 aromatic heterocycles. The van der Waals surface area contributed by atoms with Gasteiger partial charge in [-0.3, -0.25) is 0 Å². The first-order valence-electron chi connectivity index (χ1n) is 8.03. The molecule has 3 nitrogen and oxygen atoms in total. The van der Waals surface area contributed by atoms with E-state index in [4.69, 9.17) is 0 Å². The largest absolute Gasteiger partial charge is 0.333 e. The summed E-state index contributed by atoms with van der Waals surface area (Å²) < 4.78 is 0. The summed E-state index contributed by atoms with van der Waals surface area (Å²) in [5, 5.41) is 4.74. The molecule has 114 valence electrons. The van der Waals surface area contributed by atoms with E-state index in [9.17, 15) is 0 Å². The molecule has 2 unspecified atom stereocenters. The van der Waals surface area contributed by atoms with Gasteiger partial charge in [0, 0.05) is 18.3 Å². The molecule has 1 heterocycles. The number of thioether (sulfide) groups is 1. The third-order valence-corrected chi connectivity index (χ3v) is 5.20. The first-order valence-corrected chi connectivity index (χ1v) is 9.02. The number of imidazole rings is 1. The SMILES string of the molecule is Cc1ccc2nc(SCCNC3CCCC(C)C3)[nH]c2c1. The average molecular weight is 303 g/mol. The number of nitrogens with zero attached hydrogens (tertiary/aromatic N) is 1. The number of H-pyrrole nitrogens is 1. The molecule has 1 fully saturated rings. The van der Waals surface area contributed by atoms with Crippen molar-refractivity contribution in [1.29, 1.82) is 0 Å². The Hall–Kier alpha value is -1.00. The summed E-state index contributed by atoms with van der Waals surface area (Å²) in [6.45, 7) is 5.55. The zero-order valence-electron chi connectivity index (χ0n) is 13.0. The molecule has 0 bridgehead atoms. The van der Waals surface area contributed by atoms with Crippen LogP contribution in [-0.4, -0.2) is 28.3 Å². The summed E-state index contributed by atoms with van der Waals surface area (Å²) in [7, 11) is 0. The Morgan fingerprint density at radius 3 is 3.14 bits per heavy atom. The zero-order chi connectivity index (χ0) is 14.7. The second-order valence-electron chi connectivity index (χ2n) is 6.33. The summed E-state index contributed by atoms with van der Waals surface area (Å²) >= 11 is 1.81. The van der Waals surface area contributed by atoms with Gasteiger partial charge in [-0.05, 0) is 43.4 Å². The molecule has 1 aromatic carbocycles. The minimum Gasteiger partial charge on any atom is -0.333 e. The second kappa shape index (κ2) is 6.84. The molecule has 0 radical (unpaired) electrons. The molecule has 4 heteroatoms. The maximum Gasteiger partial charge on any atom is 0.166 e. The fraction of sp³-hybridized carbons (Fsp3) is 0.588. The fourth-order valence-corrected chi connectivity index (χ4v) is 3.96. The van der Waals surface area contributed by atoms with Crippen LogP contribution in [0.4, 0.5) is 0 Å². The molecule has 1 aliphatic rings. The van der Waals surface area contributed by atoms with Crippen LogP contribution in [0, 0.1) is 12.8 Å². The van der Waals surface area contributed by atoms with Gasteiger partial charge in [0.2, 0.25) is 0 Å². The van der Waals surface area contributed by atoms with Crippen molar-refractivity contribution in [2.75, 3.05) is 12.3 Å². The van der Waals surface area contributed by atoms with Crippen LogP contribution < -0.4 is 5.32 Å². The van der Waals surface area contributed by atoms with E-state index in [1.54, 1.807) is 0 Å². The maximum atomic E-state index is 4.63. The van der Waals surface area contributed by atoms with Crippen LogP contribution in [0.25, 0.3) is 11.0 Å². The van der Waals surface area contributed by atoms with E-state index in [1.165, 1.54) is 31.2 Å². The molecular weight excluding hydrogens is 278 g/mol. The van der Waals surface area contributed by atoms with Crippen molar-refractivity contribution in [3.63, 3.8) is 0 Å². The third-order valence-electron chi connectivity index (χ3n) is 4.33. The van der Waals surface area contributed by atoms with Gasteiger partial charge in [0.1, 0.15) is 0 Å². The molecule has 0 aliphatic heterocycles. The molecule has 21 heavy (non-hydrogen) atoms. The first-order chi connectivity index (χ1) is 10.2. The van der Waals surface area contributed by atoms with Crippen molar-refractivity contribution in [3.05, 3.63) is 23.8 Å². The lowest BCUT2D eigenvalue weighted by Crippen LogP contribution is -2.34. The van der Waals surface area contributed by atoms with Crippen molar-refractivity contribution in [3.8, 4) is 0 Å². The second-order valence-corrected chi connectivity index (χ2v) is 7.42. The zero-order valence-corrected chi connectivity index (χ0v) is 13.8. The van der Waals surface area contributed by atoms with E-state index >= 15 is 0 Å². The molecule has 3 rings (SSSR count). The minimum absolute atomic E-state index is 0.729. The van der Waals surface area contributed by atoms with Crippen LogP contribution in [0.15, 0.2) is 23.4 Å². The highest BCUT2D eigenvalue weighted by molar-refractivity contribution is 7.99. The van der Waals surface area contributed by atoms with Crippen molar-refractivity contribution in [1.82, 2.24) is 15.3 Å². The Balaban J connectivity index is 1.46. The molecule has 2 atom stereocenters.